The van der Waals surface area contributed by atoms with Gasteiger partial charge in [0.25, 0.3) is 5.91 Å². The highest BCUT2D eigenvalue weighted by molar-refractivity contribution is 6.30. The average Bonchev–Trinajstić information content (AvgIpc) is 3.14. The Bertz CT molecular complexity index is 472. The van der Waals surface area contributed by atoms with Crippen molar-refractivity contribution in [2.75, 3.05) is 20.3 Å². The second kappa shape index (κ2) is 5.80. The average molecular weight is 284 g/mol. The zero-order valence-electron chi connectivity index (χ0n) is 10.9. The van der Waals surface area contributed by atoms with Crippen molar-refractivity contribution >= 4 is 17.5 Å². The molecule has 2 rings (SSSR count). The molecule has 0 radical (unpaired) electrons. The van der Waals surface area contributed by atoms with Crippen molar-refractivity contribution in [2.45, 2.75) is 19.3 Å². The Labute approximate surface area is 117 Å². The van der Waals surface area contributed by atoms with Gasteiger partial charge in [-0.2, -0.15) is 0 Å². The van der Waals surface area contributed by atoms with Crippen LogP contribution in [0.5, 0.6) is 5.75 Å². The number of hydrogen-bond donors (Lipinski definition) is 2. The number of carbonyl (C=O) groups is 1. The third-order valence-corrected chi connectivity index (χ3v) is 3.86. The minimum atomic E-state index is -0.266. The molecular weight excluding hydrogens is 266 g/mol. The highest BCUT2D eigenvalue weighted by Gasteiger charge is 2.42. The van der Waals surface area contributed by atoms with Crippen LogP contribution in [-0.4, -0.2) is 31.3 Å². The molecule has 1 amide bonds. The van der Waals surface area contributed by atoms with Gasteiger partial charge in [-0.15, -0.1) is 0 Å². The number of benzene rings is 1. The molecule has 0 aromatic heterocycles. The molecule has 2 N–H and O–H groups in total. The first-order valence-electron chi connectivity index (χ1n) is 6.32. The number of methoxy groups -OCH3 is 1. The summed E-state index contributed by atoms with van der Waals surface area (Å²) in [5.74, 6) is -0.357. The minimum absolute atomic E-state index is 0.0910. The Hall–Kier alpha value is -1.26. The Morgan fingerprint density at radius 1 is 1.53 bits per heavy atom. The number of carbonyl (C=O) groups excluding carboxylic acids is 1. The number of hydrogen-bond acceptors (Lipinski definition) is 3. The lowest BCUT2D eigenvalue weighted by molar-refractivity contribution is 0.0935. The summed E-state index contributed by atoms with van der Waals surface area (Å²) in [6.45, 7) is 1.33. The molecule has 0 spiro atoms. The van der Waals surface area contributed by atoms with Crippen LogP contribution in [0.2, 0.25) is 5.02 Å². The van der Waals surface area contributed by atoms with Gasteiger partial charge in [-0.3, -0.25) is 4.79 Å². The lowest BCUT2D eigenvalue weighted by Gasteiger charge is -2.15. The molecule has 0 unspecified atom stereocenters. The zero-order chi connectivity index (χ0) is 13.9. The Balaban J connectivity index is 1.91. The maximum absolute atomic E-state index is 12.0. The normalized spacial score (nSPS) is 16.1. The standard InChI is InChI=1S/C14H18ClNO3/c1-19-7-6-14(4-5-14)9-16-13(18)11-3-2-10(15)8-12(11)17/h2-3,8,17H,4-7,9H2,1H3,(H,16,18). The Morgan fingerprint density at radius 3 is 2.84 bits per heavy atom. The molecule has 104 valence electrons. The van der Waals surface area contributed by atoms with Gasteiger partial charge in [0.2, 0.25) is 0 Å². The Morgan fingerprint density at radius 2 is 2.26 bits per heavy atom. The quantitative estimate of drug-likeness (QED) is 0.844. The largest absolute Gasteiger partial charge is 0.507 e. The van der Waals surface area contributed by atoms with Gasteiger partial charge < -0.3 is 15.2 Å². The number of rotatable bonds is 6. The van der Waals surface area contributed by atoms with Gasteiger partial charge in [-0.25, -0.2) is 0 Å². The fourth-order valence-corrected chi connectivity index (χ4v) is 2.24. The molecule has 1 aromatic rings. The predicted octanol–water partition coefficient (Wildman–Crippen LogP) is 2.59. The molecule has 4 nitrogen and oxygen atoms in total. The fourth-order valence-electron chi connectivity index (χ4n) is 2.07. The van der Waals surface area contributed by atoms with Crippen molar-refractivity contribution in [1.82, 2.24) is 5.32 Å². The molecular formula is C14H18ClNO3. The number of phenols is 1. The van der Waals surface area contributed by atoms with E-state index in [-0.39, 0.29) is 22.6 Å². The molecule has 0 heterocycles. The molecule has 5 heteroatoms. The van der Waals surface area contributed by atoms with E-state index in [4.69, 9.17) is 16.3 Å². The summed E-state index contributed by atoms with van der Waals surface area (Å²) in [5, 5.41) is 13.0. The summed E-state index contributed by atoms with van der Waals surface area (Å²) in [6, 6.07) is 4.49. The molecule has 0 bridgehead atoms. The van der Waals surface area contributed by atoms with Crippen molar-refractivity contribution in [3.05, 3.63) is 28.8 Å². The first-order valence-corrected chi connectivity index (χ1v) is 6.70. The first-order chi connectivity index (χ1) is 9.06. The van der Waals surface area contributed by atoms with E-state index < -0.39 is 0 Å². The number of ether oxygens (including phenoxy) is 1. The smallest absolute Gasteiger partial charge is 0.255 e. The summed E-state index contributed by atoms with van der Waals surface area (Å²) in [4.78, 5) is 12.0. The van der Waals surface area contributed by atoms with Crippen LogP contribution in [0.4, 0.5) is 0 Å². The van der Waals surface area contributed by atoms with Gasteiger partial charge >= 0.3 is 0 Å². The molecule has 1 aromatic carbocycles. The van der Waals surface area contributed by atoms with Crippen LogP contribution < -0.4 is 5.32 Å². The van der Waals surface area contributed by atoms with E-state index in [2.05, 4.69) is 5.32 Å². The zero-order valence-corrected chi connectivity index (χ0v) is 11.7. The van der Waals surface area contributed by atoms with Crippen LogP contribution in [0, 0.1) is 5.41 Å². The number of phenolic OH excluding ortho intramolecular Hbond substituents is 1. The fraction of sp³-hybridized carbons (Fsp3) is 0.500. The van der Waals surface area contributed by atoms with Gasteiger partial charge in [0.05, 0.1) is 5.56 Å². The molecule has 19 heavy (non-hydrogen) atoms. The maximum atomic E-state index is 12.0. The lowest BCUT2D eigenvalue weighted by atomic mass is 10.0. The van der Waals surface area contributed by atoms with E-state index in [1.54, 1.807) is 13.2 Å². The summed E-state index contributed by atoms with van der Waals surface area (Å²) < 4.78 is 5.07. The summed E-state index contributed by atoms with van der Waals surface area (Å²) >= 11 is 5.73. The topological polar surface area (TPSA) is 58.6 Å². The predicted molar refractivity (Wildman–Crippen MR) is 73.6 cm³/mol. The molecule has 0 atom stereocenters. The third-order valence-electron chi connectivity index (χ3n) is 3.62. The van der Waals surface area contributed by atoms with Crippen molar-refractivity contribution in [1.29, 1.82) is 0 Å². The molecule has 1 aliphatic rings. The van der Waals surface area contributed by atoms with E-state index in [9.17, 15) is 9.90 Å². The van der Waals surface area contributed by atoms with Gasteiger partial charge in [0.1, 0.15) is 5.75 Å². The van der Waals surface area contributed by atoms with Gasteiger partial charge in [-0.1, -0.05) is 11.6 Å². The van der Waals surface area contributed by atoms with E-state index >= 15 is 0 Å². The van der Waals surface area contributed by atoms with Crippen LogP contribution in [0.15, 0.2) is 18.2 Å². The SMILES string of the molecule is COCCC1(CNC(=O)c2ccc(Cl)cc2O)CC1. The summed E-state index contributed by atoms with van der Waals surface area (Å²) in [5.41, 5.74) is 0.445. The highest BCUT2D eigenvalue weighted by atomic mass is 35.5. The van der Waals surface area contributed by atoms with Crippen LogP contribution in [0.25, 0.3) is 0 Å². The van der Waals surface area contributed by atoms with E-state index in [1.165, 1.54) is 12.1 Å². The summed E-state index contributed by atoms with van der Waals surface area (Å²) in [6.07, 6.45) is 3.18. The van der Waals surface area contributed by atoms with Crippen molar-refractivity contribution < 1.29 is 14.6 Å². The second-order valence-corrected chi connectivity index (χ2v) is 5.52. The number of aromatic hydroxyl groups is 1. The van der Waals surface area contributed by atoms with E-state index in [1.807, 2.05) is 0 Å². The molecule has 0 saturated heterocycles. The molecule has 1 aliphatic carbocycles. The lowest BCUT2D eigenvalue weighted by Crippen LogP contribution is -2.30. The number of halogens is 1. The van der Waals surface area contributed by atoms with Gasteiger partial charge in [0, 0.05) is 25.3 Å². The van der Waals surface area contributed by atoms with Gasteiger partial charge in [0.15, 0.2) is 0 Å². The van der Waals surface area contributed by atoms with Crippen LogP contribution >= 0.6 is 11.6 Å². The van der Waals surface area contributed by atoms with Crippen LogP contribution in [0.3, 0.4) is 0 Å². The van der Waals surface area contributed by atoms with Crippen molar-refractivity contribution in [2.24, 2.45) is 5.41 Å². The Kier molecular flexibility index (Phi) is 4.32. The van der Waals surface area contributed by atoms with Gasteiger partial charge in [-0.05, 0) is 42.9 Å². The monoisotopic (exact) mass is 283 g/mol. The van der Waals surface area contributed by atoms with E-state index in [0.717, 1.165) is 19.3 Å². The van der Waals surface area contributed by atoms with Crippen molar-refractivity contribution in [3.8, 4) is 5.75 Å². The molecule has 1 saturated carbocycles. The first kappa shape index (κ1) is 14.2. The maximum Gasteiger partial charge on any atom is 0.255 e. The van der Waals surface area contributed by atoms with E-state index in [0.29, 0.717) is 18.2 Å². The van der Waals surface area contributed by atoms with Crippen LogP contribution in [0.1, 0.15) is 29.6 Å². The second-order valence-electron chi connectivity index (χ2n) is 5.09. The summed E-state index contributed by atoms with van der Waals surface area (Å²) in [7, 11) is 1.68. The number of nitrogens with one attached hydrogen (secondary N) is 1. The third kappa shape index (κ3) is 3.61. The minimum Gasteiger partial charge on any atom is -0.507 e. The highest BCUT2D eigenvalue weighted by Crippen LogP contribution is 2.48. The molecule has 0 aliphatic heterocycles. The van der Waals surface area contributed by atoms with Crippen molar-refractivity contribution in [3.63, 3.8) is 0 Å². The van der Waals surface area contributed by atoms with Crippen LogP contribution in [-0.2, 0) is 4.74 Å². The number of amides is 1. The molecule has 1 fully saturated rings.